The zero-order chi connectivity index (χ0) is 17.3. The monoisotopic (exact) mass is 354 g/mol. The zero-order valence-electron chi connectivity index (χ0n) is 13.7. The predicted molar refractivity (Wildman–Crippen MR) is 101 cm³/mol. The normalized spacial score (nSPS) is 18.1. The highest BCUT2D eigenvalue weighted by Gasteiger charge is 2.46. The van der Waals surface area contributed by atoms with Crippen LogP contribution in [0.3, 0.4) is 0 Å². The van der Waals surface area contributed by atoms with Gasteiger partial charge in [0.2, 0.25) is 5.84 Å². The van der Waals surface area contributed by atoms with Crippen LogP contribution >= 0.6 is 11.6 Å². The van der Waals surface area contributed by atoms with E-state index in [1.54, 1.807) is 0 Å². The van der Waals surface area contributed by atoms with Gasteiger partial charge in [0.15, 0.2) is 5.66 Å². The summed E-state index contributed by atoms with van der Waals surface area (Å²) in [6.45, 7) is 0. The molecule has 0 bridgehead atoms. The van der Waals surface area contributed by atoms with E-state index in [-0.39, 0.29) is 5.91 Å². The highest BCUT2D eigenvalue weighted by Crippen LogP contribution is 2.41. The highest BCUT2D eigenvalue weighted by molar-refractivity contribution is 6.43. The molecule has 0 saturated heterocycles. The van der Waals surface area contributed by atoms with Crippen molar-refractivity contribution >= 4 is 34.7 Å². The molecule has 1 saturated carbocycles. The number of hydrogen-bond acceptors (Lipinski definition) is 4. The lowest BCUT2D eigenvalue weighted by Gasteiger charge is -2.33. The number of benzene rings is 2. The van der Waals surface area contributed by atoms with E-state index in [2.05, 4.69) is 10.7 Å². The van der Waals surface area contributed by atoms with E-state index in [1.165, 1.54) is 0 Å². The molecule has 0 radical (unpaired) electrons. The van der Waals surface area contributed by atoms with Gasteiger partial charge in [-0.1, -0.05) is 29.8 Å². The van der Waals surface area contributed by atoms with Gasteiger partial charge in [0.1, 0.15) is 0 Å². The second-order valence-corrected chi connectivity index (χ2v) is 6.83. The molecule has 1 amide bonds. The first kappa shape index (κ1) is 16.0. The molecule has 4 rings (SSSR count). The maximum Gasteiger partial charge on any atom is 0.292 e. The van der Waals surface area contributed by atoms with Crippen molar-refractivity contribution in [3.8, 4) is 0 Å². The van der Waals surface area contributed by atoms with Gasteiger partial charge in [-0.05, 0) is 62.1 Å². The number of amidine groups is 1. The first-order chi connectivity index (χ1) is 12.2. The van der Waals surface area contributed by atoms with Gasteiger partial charge in [0, 0.05) is 10.7 Å². The predicted octanol–water partition coefficient (Wildman–Crippen LogP) is 3.97. The lowest BCUT2D eigenvalue weighted by molar-refractivity contribution is -0.110. The third kappa shape index (κ3) is 3.07. The number of amides is 1. The largest absolute Gasteiger partial charge is 0.319 e. The summed E-state index contributed by atoms with van der Waals surface area (Å²) in [7, 11) is 0. The van der Waals surface area contributed by atoms with Gasteiger partial charge in [-0.3, -0.25) is 15.2 Å². The van der Waals surface area contributed by atoms with E-state index in [0.29, 0.717) is 10.9 Å². The minimum absolute atomic E-state index is 0.228. The van der Waals surface area contributed by atoms with Crippen molar-refractivity contribution in [1.29, 1.82) is 0 Å². The van der Waals surface area contributed by atoms with Crippen molar-refractivity contribution in [2.45, 2.75) is 31.3 Å². The van der Waals surface area contributed by atoms with Gasteiger partial charge in [0.25, 0.3) is 5.91 Å². The number of hydrogen-bond donors (Lipinski definition) is 2. The van der Waals surface area contributed by atoms with E-state index in [9.17, 15) is 4.79 Å². The summed E-state index contributed by atoms with van der Waals surface area (Å²) in [5.41, 5.74) is 4.52. The third-order valence-corrected chi connectivity index (χ3v) is 4.94. The fourth-order valence-electron chi connectivity index (χ4n) is 3.48. The summed E-state index contributed by atoms with van der Waals surface area (Å²) in [5.74, 6) is 0.120. The first-order valence-electron chi connectivity index (χ1n) is 8.45. The number of hydrazine groups is 1. The number of carbonyl (C=O) groups is 1. The number of para-hydroxylation sites is 1. The SMILES string of the molecule is O=C(Nc1ccccc1)C1=NC2(CCCC2)N(c2ccc(Cl)cc2)N1. The lowest BCUT2D eigenvalue weighted by Crippen LogP contribution is -2.50. The number of aliphatic imine (C=N–C) groups is 1. The number of carbonyl (C=O) groups excluding carboxylic acids is 1. The van der Waals surface area contributed by atoms with Crippen molar-refractivity contribution in [3.05, 3.63) is 59.6 Å². The summed E-state index contributed by atoms with van der Waals surface area (Å²) in [6, 6.07) is 17.0. The molecule has 6 heteroatoms. The van der Waals surface area contributed by atoms with Crippen LogP contribution in [0.5, 0.6) is 0 Å². The van der Waals surface area contributed by atoms with Gasteiger partial charge in [0.05, 0.1) is 5.69 Å². The second kappa shape index (κ2) is 6.41. The summed E-state index contributed by atoms with van der Waals surface area (Å²) in [6.07, 6.45) is 4.04. The Hall–Kier alpha value is -2.53. The molecule has 1 fully saturated rings. The molecule has 1 heterocycles. The summed E-state index contributed by atoms with van der Waals surface area (Å²) >= 11 is 6.01. The van der Waals surface area contributed by atoms with E-state index in [1.807, 2.05) is 59.6 Å². The number of nitrogens with zero attached hydrogens (tertiary/aromatic N) is 2. The van der Waals surface area contributed by atoms with Crippen LogP contribution in [0.2, 0.25) is 5.02 Å². The Morgan fingerprint density at radius 1 is 1.08 bits per heavy atom. The molecule has 128 valence electrons. The molecule has 2 aromatic rings. The Kier molecular flexibility index (Phi) is 4.09. The smallest absolute Gasteiger partial charge is 0.292 e. The summed E-state index contributed by atoms with van der Waals surface area (Å²) in [4.78, 5) is 17.4. The maximum atomic E-state index is 12.6. The van der Waals surface area contributed by atoms with Crippen LogP contribution in [0.25, 0.3) is 0 Å². The minimum Gasteiger partial charge on any atom is -0.319 e. The summed E-state index contributed by atoms with van der Waals surface area (Å²) in [5, 5.41) is 5.59. The molecule has 0 unspecified atom stereocenters. The molecular weight excluding hydrogens is 336 g/mol. The first-order valence-corrected chi connectivity index (χ1v) is 8.83. The quantitative estimate of drug-likeness (QED) is 0.876. The van der Waals surface area contributed by atoms with E-state index < -0.39 is 5.66 Å². The third-order valence-electron chi connectivity index (χ3n) is 4.69. The Morgan fingerprint density at radius 3 is 2.44 bits per heavy atom. The van der Waals surface area contributed by atoms with Crippen LogP contribution in [-0.2, 0) is 4.79 Å². The van der Waals surface area contributed by atoms with Crippen molar-refractivity contribution < 1.29 is 4.79 Å². The standard InChI is InChI=1S/C19H19ClN4O/c20-14-8-10-16(11-9-14)24-19(12-4-5-13-19)22-17(23-24)18(25)21-15-6-2-1-3-7-15/h1-3,6-11H,4-5,12-13H2,(H,21,25)(H,22,23). The molecule has 0 atom stereocenters. The molecule has 25 heavy (non-hydrogen) atoms. The Balaban J connectivity index is 1.60. The van der Waals surface area contributed by atoms with Crippen LogP contribution in [0.1, 0.15) is 25.7 Å². The maximum absolute atomic E-state index is 12.6. The number of halogens is 1. The van der Waals surface area contributed by atoms with Crippen LogP contribution < -0.4 is 15.8 Å². The van der Waals surface area contributed by atoms with Crippen molar-refractivity contribution in [3.63, 3.8) is 0 Å². The van der Waals surface area contributed by atoms with E-state index in [0.717, 1.165) is 37.1 Å². The van der Waals surface area contributed by atoms with Gasteiger partial charge in [-0.15, -0.1) is 0 Å². The van der Waals surface area contributed by atoms with Gasteiger partial charge >= 0.3 is 0 Å². The Bertz CT molecular complexity index is 798. The molecular formula is C19H19ClN4O. The van der Waals surface area contributed by atoms with Crippen LogP contribution in [0.15, 0.2) is 59.6 Å². The second-order valence-electron chi connectivity index (χ2n) is 6.39. The van der Waals surface area contributed by atoms with Crippen molar-refractivity contribution in [2.75, 3.05) is 10.3 Å². The topological polar surface area (TPSA) is 56.7 Å². The van der Waals surface area contributed by atoms with Crippen LogP contribution in [0, 0.1) is 0 Å². The van der Waals surface area contributed by atoms with Crippen LogP contribution in [-0.4, -0.2) is 17.4 Å². The fraction of sp³-hybridized carbons (Fsp3) is 0.263. The molecule has 0 aromatic heterocycles. The molecule has 2 N–H and O–H groups in total. The molecule has 1 spiro atoms. The molecule has 5 nitrogen and oxygen atoms in total. The molecule has 2 aliphatic rings. The molecule has 1 aliphatic heterocycles. The number of anilines is 2. The van der Waals surface area contributed by atoms with Crippen molar-refractivity contribution in [1.82, 2.24) is 5.43 Å². The molecule has 1 aliphatic carbocycles. The Labute approximate surface area is 151 Å². The highest BCUT2D eigenvalue weighted by atomic mass is 35.5. The van der Waals surface area contributed by atoms with E-state index in [4.69, 9.17) is 16.6 Å². The fourth-order valence-corrected chi connectivity index (χ4v) is 3.60. The average Bonchev–Trinajstić information content (AvgIpc) is 3.25. The van der Waals surface area contributed by atoms with Gasteiger partial charge in [-0.2, -0.15) is 0 Å². The average molecular weight is 355 g/mol. The van der Waals surface area contributed by atoms with Gasteiger partial charge in [-0.25, -0.2) is 4.99 Å². The minimum atomic E-state index is -0.392. The zero-order valence-corrected chi connectivity index (χ0v) is 14.5. The van der Waals surface area contributed by atoms with Gasteiger partial charge < -0.3 is 5.32 Å². The number of rotatable bonds is 3. The molecule has 2 aromatic carbocycles. The van der Waals surface area contributed by atoms with Crippen LogP contribution in [0.4, 0.5) is 11.4 Å². The van der Waals surface area contributed by atoms with Crippen molar-refractivity contribution in [2.24, 2.45) is 4.99 Å². The number of nitrogens with one attached hydrogen (secondary N) is 2. The lowest BCUT2D eigenvalue weighted by atomic mass is 10.1. The summed E-state index contributed by atoms with van der Waals surface area (Å²) < 4.78 is 0. The van der Waals surface area contributed by atoms with E-state index >= 15 is 0 Å². The Morgan fingerprint density at radius 2 is 1.76 bits per heavy atom.